The molecule has 0 aliphatic carbocycles. The molecule has 2 aromatic rings. The summed E-state index contributed by atoms with van der Waals surface area (Å²) in [6.45, 7) is 0.126. The van der Waals surface area contributed by atoms with Gasteiger partial charge >= 0.3 is 6.18 Å². The molecule has 2 rings (SSSR count). The van der Waals surface area contributed by atoms with Gasteiger partial charge in [-0.15, -0.1) is 0 Å². The lowest BCUT2D eigenvalue weighted by atomic mass is 10.1. The molecule has 0 unspecified atom stereocenters. The van der Waals surface area contributed by atoms with Gasteiger partial charge in [-0.25, -0.2) is 4.39 Å². The average Bonchev–Trinajstić information content (AvgIpc) is 2.40. The molecule has 1 N–H and O–H groups in total. The molecule has 112 valence electrons. The molecule has 0 saturated heterocycles. The van der Waals surface area contributed by atoms with Crippen LogP contribution in [0.2, 0.25) is 5.02 Å². The molecule has 0 heterocycles. The molecule has 0 amide bonds. The highest BCUT2D eigenvalue weighted by Crippen LogP contribution is 2.32. The molecule has 0 saturated carbocycles. The van der Waals surface area contributed by atoms with Crippen molar-refractivity contribution in [2.45, 2.75) is 12.7 Å². The maximum Gasteiger partial charge on any atom is 0.419 e. The fourth-order valence-corrected chi connectivity index (χ4v) is 2.14. The number of hydrogen-bond acceptors (Lipinski definition) is 1. The fourth-order valence-electron chi connectivity index (χ4n) is 1.71. The van der Waals surface area contributed by atoms with Crippen LogP contribution in [0.15, 0.2) is 40.9 Å². The molecule has 0 aliphatic rings. The summed E-state index contributed by atoms with van der Waals surface area (Å²) in [5.74, 6) is -1.28. The van der Waals surface area contributed by atoms with Crippen LogP contribution in [0.5, 0.6) is 0 Å². The van der Waals surface area contributed by atoms with Gasteiger partial charge in [0.25, 0.3) is 0 Å². The van der Waals surface area contributed by atoms with E-state index in [0.717, 1.165) is 16.6 Å². The third-order valence-corrected chi connectivity index (χ3v) is 3.98. The van der Waals surface area contributed by atoms with Crippen molar-refractivity contribution in [2.24, 2.45) is 0 Å². The highest BCUT2D eigenvalue weighted by Gasteiger charge is 2.34. The van der Waals surface area contributed by atoms with Gasteiger partial charge in [0, 0.05) is 16.7 Å². The Kier molecular flexibility index (Phi) is 4.78. The molecule has 7 heteroatoms. The first-order chi connectivity index (χ1) is 9.77. The maximum atomic E-state index is 13.2. The largest absolute Gasteiger partial charge is 0.419 e. The third kappa shape index (κ3) is 4.11. The highest BCUT2D eigenvalue weighted by atomic mass is 79.9. The smallest absolute Gasteiger partial charge is 0.381 e. The standard InChI is InChI=1S/C14H9BrClF4N/c15-11-3-2-9(6-12(11)16)21-7-8-1-4-13(17)10(5-8)14(18,19)20/h1-6,21H,7H2. The van der Waals surface area contributed by atoms with Gasteiger partial charge in [-0.1, -0.05) is 17.7 Å². The summed E-state index contributed by atoms with van der Waals surface area (Å²) in [5, 5.41) is 3.41. The Labute approximate surface area is 132 Å². The van der Waals surface area contributed by atoms with Crippen LogP contribution in [0.25, 0.3) is 0 Å². The molecule has 0 radical (unpaired) electrons. The van der Waals surface area contributed by atoms with Crippen LogP contribution >= 0.6 is 27.5 Å². The van der Waals surface area contributed by atoms with Crippen molar-refractivity contribution in [1.82, 2.24) is 0 Å². The van der Waals surface area contributed by atoms with Crippen LogP contribution in [0, 0.1) is 5.82 Å². The van der Waals surface area contributed by atoms with Gasteiger partial charge in [0.15, 0.2) is 0 Å². The maximum absolute atomic E-state index is 13.2. The molecule has 0 spiro atoms. The van der Waals surface area contributed by atoms with Gasteiger partial charge in [-0.05, 0) is 51.8 Å². The number of rotatable bonds is 3. The minimum atomic E-state index is -4.71. The van der Waals surface area contributed by atoms with Crippen LogP contribution in [-0.4, -0.2) is 0 Å². The summed E-state index contributed by atoms with van der Waals surface area (Å²) in [4.78, 5) is 0. The summed E-state index contributed by atoms with van der Waals surface area (Å²) >= 11 is 9.15. The van der Waals surface area contributed by atoms with Crippen LogP contribution in [-0.2, 0) is 12.7 Å². The molecule has 0 aliphatic heterocycles. The summed E-state index contributed by atoms with van der Waals surface area (Å²) in [6.07, 6.45) is -4.71. The van der Waals surface area contributed by atoms with Crippen molar-refractivity contribution >= 4 is 33.2 Å². The van der Waals surface area contributed by atoms with Gasteiger partial charge < -0.3 is 5.32 Å². The highest BCUT2D eigenvalue weighted by molar-refractivity contribution is 9.10. The molecule has 0 atom stereocenters. The average molecular weight is 383 g/mol. The Hall–Kier alpha value is -1.27. The Bertz CT molecular complexity index is 658. The Morgan fingerprint density at radius 2 is 1.81 bits per heavy atom. The van der Waals surface area contributed by atoms with E-state index in [4.69, 9.17) is 11.6 Å². The Morgan fingerprint density at radius 3 is 2.43 bits per heavy atom. The number of nitrogens with one attached hydrogen (secondary N) is 1. The van der Waals surface area contributed by atoms with Crippen LogP contribution in [0.1, 0.15) is 11.1 Å². The quantitative estimate of drug-likeness (QED) is 0.654. The van der Waals surface area contributed by atoms with E-state index in [1.165, 1.54) is 6.07 Å². The van der Waals surface area contributed by atoms with Crippen molar-refractivity contribution in [3.63, 3.8) is 0 Å². The minimum Gasteiger partial charge on any atom is -0.381 e. The van der Waals surface area contributed by atoms with Gasteiger partial charge in [-0.3, -0.25) is 0 Å². The van der Waals surface area contributed by atoms with Crippen molar-refractivity contribution in [2.75, 3.05) is 5.32 Å². The van der Waals surface area contributed by atoms with E-state index >= 15 is 0 Å². The topological polar surface area (TPSA) is 12.0 Å². The van der Waals surface area contributed by atoms with Crippen LogP contribution < -0.4 is 5.32 Å². The molecule has 0 aromatic heterocycles. The minimum absolute atomic E-state index is 0.126. The number of hydrogen-bond donors (Lipinski definition) is 1. The number of anilines is 1. The second-order valence-electron chi connectivity index (χ2n) is 4.29. The molecule has 2 aromatic carbocycles. The normalized spacial score (nSPS) is 11.5. The van der Waals surface area contributed by atoms with Gasteiger partial charge in [0.2, 0.25) is 0 Å². The van der Waals surface area contributed by atoms with E-state index in [1.807, 2.05) is 0 Å². The predicted octanol–water partition coefficient (Wildman–Crippen LogP) is 5.87. The van der Waals surface area contributed by atoms with E-state index in [9.17, 15) is 17.6 Å². The summed E-state index contributed by atoms with van der Waals surface area (Å²) in [7, 11) is 0. The molecule has 0 bridgehead atoms. The SMILES string of the molecule is Fc1ccc(CNc2ccc(Br)c(Cl)c2)cc1C(F)(F)F. The van der Waals surface area contributed by atoms with Crippen molar-refractivity contribution in [3.05, 3.63) is 62.8 Å². The molecule has 0 fully saturated rings. The number of benzene rings is 2. The van der Waals surface area contributed by atoms with E-state index in [2.05, 4.69) is 21.2 Å². The van der Waals surface area contributed by atoms with Crippen molar-refractivity contribution in [3.8, 4) is 0 Å². The first-order valence-corrected chi connectivity index (χ1v) is 6.99. The van der Waals surface area contributed by atoms with E-state index in [1.54, 1.807) is 18.2 Å². The third-order valence-electron chi connectivity index (χ3n) is 2.75. The lowest BCUT2D eigenvalue weighted by Gasteiger charge is -2.11. The van der Waals surface area contributed by atoms with Crippen molar-refractivity contribution in [1.29, 1.82) is 0 Å². The second kappa shape index (κ2) is 6.23. The van der Waals surface area contributed by atoms with E-state index in [-0.39, 0.29) is 6.54 Å². The van der Waals surface area contributed by atoms with Gasteiger partial charge in [-0.2, -0.15) is 13.2 Å². The molecular formula is C14H9BrClF4N. The fraction of sp³-hybridized carbons (Fsp3) is 0.143. The zero-order valence-corrected chi connectivity index (χ0v) is 12.8. The van der Waals surface area contributed by atoms with Crippen molar-refractivity contribution < 1.29 is 17.6 Å². The Morgan fingerprint density at radius 1 is 1.10 bits per heavy atom. The summed E-state index contributed by atoms with van der Waals surface area (Å²) in [6, 6.07) is 8.00. The van der Waals surface area contributed by atoms with Gasteiger partial charge in [0.1, 0.15) is 5.82 Å². The summed E-state index contributed by atoms with van der Waals surface area (Å²) < 4.78 is 51.7. The summed E-state index contributed by atoms with van der Waals surface area (Å²) in [5.41, 5.74) is -0.292. The van der Waals surface area contributed by atoms with Gasteiger partial charge in [0.05, 0.1) is 10.6 Å². The van der Waals surface area contributed by atoms with Crippen LogP contribution in [0.3, 0.4) is 0 Å². The molecular weight excluding hydrogens is 374 g/mol. The lowest BCUT2D eigenvalue weighted by Crippen LogP contribution is -2.10. The second-order valence-corrected chi connectivity index (χ2v) is 5.56. The first-order valence-electron chi connectivity index (χ1n) is 5.82. The van der Waals surface area contributed by atoms with E-state index in [0.29, 0.717) is 16.3 Å². The number of halogens is 6. The zero-order valence-electron chi connectivity index (χ0n) is 10.4. The molecule has 21 heavy (non-hydrogen) atoms. The lowest BCUT2D eigenvalue weighted by molar-refractivity contribution is -0.140. The Balaban J connectivity index is 2.15. The monoisotopic (exact) mass is 381 g/mol. The predicted molar refractivity (Wildman–Crippen MR) is 77.9 cm³/mol. The van der Waals surface area contributed by atoms with Crippen LogP contribution in [0.4, 0.5) is 23.2 Å². The number of alkyl halides is 3. The molecule has 1 nitrogen and oxygen atoms in total. The zero-order chi connectivity index (χ0) is 15.6. The van der Waals surface area contributed by atoms with E-state index < -0.39 is 17.6 Å². The first kappa shape index (κ1) is 16.1.